The second kappa shape index (κ2) is 2.31. The van der Waals surface area contributed by atoms with Gasteiger partial charge in [0.25, 0.3) is 0 Å². The van der Waals surface area contributed by atoms with Gasteiger partial charge in [0, 0.05) is 0 Å². The van der Waals surface area contributed by atoms with Gasteiger partial charge in [0.15, 0.2) is 6.29 Å². The van der Waals surface area contributed by atoms with E-state index in [0.29, 0.717) is 6.29 Å². The molecule has 0 aliphatic carbocycles. The van der Waals surface area contributed by atoms with Gasteiger partial charge >= 0.3 is 0 Å². The van der Waals surface area contributed by atoms with E-state index in [0.717, 1.165) is 12.2 Å². The Balaban J connectivity index is 2.34. The summed E-state index contributed by atoms with van der Waals surface area (Å²) in [4.78, 5) is 20.2. The van der Waals surface area contributed by atoms with Gasteiger partial charge in [-0.2, -0.15) is 11.8 Å². The van der Waals surface area contributed by atoms with Crippen molar-refractivity contribution in [3.63, 3.8) is 0 Å². The van der Waals surface area contributed by atoms with Crippen LogP contribution >= 0.6 is 11.8 Å². The third kappa shape index (κ3) is 0.916. The fourth-order valence-electron chi connectivity index (χ4n) is 0.536. The van der Waals surface area contributed by atoms with Gasteiger partial charge in [0.2, 0.25) is 5.78 Å². The molecule has 1 atom stereocenters. The Morgan fingerprint density at radius 2 is 2.38 bits per heavy atom. The van der Waals surface area contributed by atoms with Crippen LogP contribution in [-0.4, -0.2) is 23.1 Å². The summed E-state index contributed by atoms with van der Waals surface area (Å²) in [6.07, 6.45) is 1.30. The van der Waals surface area contributed by atoms with Crippen LogP contribution in [0.2, 0.25) is 0 Å². The number of thioether (sulfide) groups is 1. The SMILES string of the molecule is O=CC(=O)C1CCS1. The zero-order chi connectivity index (χ0) is 5.98. The number of aldehydes is 1. The summed E-state index contributed by atoms with van der Waals surface area (Å²) in [7, 11) is 0. The van der Waals surface area contributed by atoms with Crippen LogP contribution in [0.5, 0.6) is 0 Å². The molecule has 0 bridgehead atoms. The van der Waals surface area contributed by atoms with Crippen molar-refractivity contribution in [1.29, 1.82) is 0 Å². The number of carbonyl (C=O) groups is 2. The topological polar surface area (TPSA) is 34.1 Å². The minimum Gasteiger partial charge on any atom is -0.295 e. The first-order valence-electron chi connectivity index (χ1n) is 2.45. The number of rotatable bonds is 2. The lowest BCUT2D eigenvalue weighted by Gasteiger charge is -2.20. The van der Waals surface area contributed by atoms with E-state index in [1.807, 2.05) is 0 Å². The molecule has 2 nitrogen and oxygen atoms in total. The Morgan fingerprint density at radius 1 is 1.75 bits per heavy atom. The van der Waals surface area contributed by atoms with Gasteiger partial charge in [0.1, 0.15) is 0 Å². The zero-order valence-corrected chi connectivity index (χ0v) is 5.11. The second-order valence-electron chi connectivity index (χ2n) is 1.67. The average Bonchev–Trinajstić information content (AvgIpc) is 1.62. The lowest BCUT2D eigenvalue weighted by molar-refractivity contribution is -0.129. The highest BCUT2D eigenvalue weighted by atomic mass is 32.2. The van der Waals surface area contributed by atoms with E-state index in [2.05, 4.69) is 0 Å². The van der Waals surface area contributed by atoms with Gasteiger partial charge in [-0.15, -0.1) is 0 Å². The summed E-state index contributed by atoms with van der Waals surface area (Å²) in [6.45, 7) is 0. The van der Waals surface area contributed by atoms with Crippen LogP contribution in [0.4, 0.5) is 0 Å². The molecule has 44 valence electrons. The lowest BCUT2D eigenvalue weighted by atomic mass is 10.2. The first kappa shape index (κ1) is 5.82. The molecule has 0 saturated carbocycles. The average molecular weight is 130 g/mol. The van der Waals surface area contributed by atoms with Crippen molar-refractivity contribution >= 4 is 23.8 Å². The van der Waals surface area contributed by atoms with Crippen molar-refractivity contribution in [2.24, 2.45) is 0 Å². The molecule has 1 heterocycles. The molecule has 1 unspecified atom stereocenters. The van der Waals surface area contributed by atoms with Gasteiger partial charge < -0.3 is 0 Å². The molecule has 0 spiro atoms. The highest BCUT2D eigenvalue weighted by Crippen LogP contribution is 2.27. The smallest absolute Gasteiger partial charge is 0.208 e. The van der Waals surface area contributed by atoms with Gasteiger partial charge in [0.05, 0.1) is 5.25 Å². The third-order valence-electron chi connectivity index (χ3n) is 1.13. The molecule has 1 aliphatic heterocycles. The van der Waals surface area contributed by atoms with Gasteiger partial charge in [-0.3, -0.25) is 9.59 Å². The minimum absolute atomic E-state index is 0.00694. The fraction of sp³-hybridized carbons (Fsp3) is 0.600. The predicted octanol–water partition coefficient (Wildman–Crippen LogP) is 0.260. The number of carbonyl (C=O) groups excluding carboxylic acids is 2. The van der Waals surface area contributed by atoms with Crippen molar-refractivity contribution in [2.45, 2.75) is 11.7 Å². The third-order valence-corrected chi connectivity index (χ3v) is 2.47. The quantitative estimate of drug-likeness (QED) is 0.397. The monoisotopic (exact) mass is 130 g/mol. The summed E-state index contributed by atoms with van der Waals surface area (Å²) in [5.74, 6) is 0.783. The molecule has 3 heteroatoms. The molecule has 0 N–H and O–H groups in total. The van der Waals surface area contributed by atoms with Crippen molar-refractivity contribution in [1.82, 2.24) is 0 Å². The molecule has 1 aliphatic rings. The molecule has 0 radical (unpaired) electrons. The number of ketones is 1. The molecule has 1 fully saturated rings. The van der Waals surface area contributed by atoms with E-state index in [9.17, 15) is 9.59 Å². The highest BCUT2D eigenvalue weighted by Gasteiger charge is 2.24. The van der Waals surface area contributed by atoms with Crippen LogP contribution in [0.15, 0.2) is 0 Å². The maximum Gasteiger partial charge on any atom is 0.208 e. The minimum atomic E-state index is -0.249. The van der Waals surface area contributed by atoms with Crippen LogP contribution < -0.4 is 0 Å². The number of Topliss-reactive ketones (excluding diaryl/α,β-unsaturated/α-hetero) is 1. The van der Waals surface area contributed by atoms with E-state index >= 15 is 0 Å². The largest absolute Gasteiger partial charge is 0.295 e. The van der Waals surface area contributed by atoms with Crippen molar-refractivity contribution in [3.05, 3.63) is 0 Å². The van der Waals surface area contributed by atoms with Crippen LogP contribution in [0, 0.1) is 0 Å². The Hall–Kier alpha value is -0.310. The Kier molecular flexibility index (Phi) is 1.68. The zero-order valence-electron chi connectivity index (χ0n) is 4.29. The van der Waals surface area contributed by atoms with Gasteiger partial charge in [-0.05, 0) is 12.2 Å². The summed E-state index contributed by atoms with van der Waals surface area (Å²) >= 11 is 1.56. The van der Waals surface area contributed by atoms with Crippen molar-refractivity contribution in [3.8, 4) is 0 Å². The fourth-order valence-corrected chi connectivity index (χ4v) is 1.23. The van der Waals surface area contributed by atoms with Gasteiger partial charge in [-0.1, -0.05) is 0 Å². The van der Waals surface area contributed by atoms with Crippen molar-refractivity contribution < 1.29 is 9.59 Å². The number of hydrogen-bond acceptors (Lipinski definition) is 3. The summed E-state index contributed by atoms with van der Waals surface area (Å²) in [5.41, 5.74) is 0. The normalized spacial score (nSPS) is 26.2. The van der Waals surface area contributed by atoms with Crippen LogP contribution in [-0.2, 0) is 9.59 Å². The Labute approximate surface area is 51.6 Å². The first-order valence-corrected chi connectivity index (χ1v) is 3.50. The molecule has 0 aromatic heterocycles. The van der Waals surface area contributed by atoms with E-state index in [4.69, 9.17) is 0 Å². The summed E-state index contributed by atoms with van der Waals surface area (Å²) in [5, 5.41) is 0.00694. The van der Waals surface area contributed by atoms with Crippen LogP contribution in [0.3, 0.4) is 0 Å². The molecule has 0 aromatic rings. The van der Waals surface area contributed by atoms with E-state index in [-0.39, 0.29) is 11.0 Å². The van der Waals surface area contributed by atoms with Gasteiger partial charge in [-0.25, -0.2) is 0 Å². The molecule has 1 saturated heterocycles. The molecular formula is C5H6O2S. The van der Waals surface area contributed by atoms with E-state index < -0.39 is 0 Å². The molecule has 0 amide bonds. The van der Waals surface area contributed by atoms with E-state index in [1.165, 1.54) is 0 Å². The Bertz CT molecular complexity index is 118. The molecule has 8 heavy (non-hydrogen) atoms. The highest BCUT2D eigenvalue weighted by molar-refractivity contribution is 8.02. The number of hydrogen-bond donors (Lipinski definition) is 0. The molecule has 0 aromatic carbocycles. The van der Waals surface area contributed by atoms with E-state index in [1.54, 1.807) is 11.8 Å². The second-order valence-corrected chi connectivity index (χ2v) is 2.98. The standard InChI is InChI=1S/C5H6O2S/c6-3-4(7)5-1-2-8-5/h3,5H,1-2H2. The van der Waals surface area contributed by atoms with Crippen LogP contribution in [0.1, 0.15) is 6.42 Å². The summed E-state index contributed by atoms with van der Waals surface area (Å²) in [6, 6.07) is 0. The first-order chi connectivity index (χ1) is 3.84. The summed E-state index contributed by atoms with van der Waals surface area (Å²) < 4.78 is 0. The predicted molar refractivity (Wildman–Crippen MR) is 31.9 cm³/mol. The van der Waals surface area contributed by atoms with Crippen molar-refractivity contribution in [2.75, 3.05) is 5.75 Å². The maximum absolute atomic E-state index is 10.4. The maximum atomic E-state index is 10.4. The Morgan fingerprint density at radius 3 is 2.50 bits per heavy atom. The molecular weight excluding hydrogens is 124 g/mol. The lowest BCUT2D eigenvalue weighted by Crippen LogP contribution is -2.26. The van der Waals surface area contributed by atoms with Crippen LogP contribution in [0.25, 0.3) is 0 Å². The molecule has 1 rings (SSSR count).